The van der Waals surface area contributed by atoms with E-state index >= 15 is 0 Å². The molecule has 0 saturated heterocycles. The van der Waals surface area contributed by atoms with Crippen molar-refractivity contribution in [3.8, 4) is 5.75 Å². The van der Waals surface area contributed by atoms with Crippen LogP contribution in [0.15, 0.2) is 36.4 Å². The molecule has 0 heterocycles. The lowest BCUT2D eigenvalue weighted by Gasteiger charge is -2.14. The molecular weight excluding hydrogens is 310 g/mol. The number of carbonyl (C=O) groups excluding carboxylic acids is 1. The molecular formula is C19H22ClNO2. The van der Waals surface area contributed by atoms with Crippen LogP contribution in [0.5, 0.6) is 5.75 Å². The summed E-state index contributed by atoms with van der Waals surface area (Å²) in [7, 11) is 0. The molecule has 4 heteroatoms. The van der Waals surface area contributed by atoms with E-state index in [1.54, 1.807) is 0 Å². The molecule has 0 aliphatic rings. The van der Waals surface area contributed by atoms with Gasteiger partial charge in [0.1, 0.15) is 5.75 Å². The Hall–Kier alpha value is -2.00. The number of hydrogen-bond donors (Lipinski definition) is 1. The Morgan fingerprint density at radius 3 is 2.39 bits per heavy atom. The van der Waals surface area contributed by atoms with Crippen molar-refractivity contribution in [1.82, 2.24) is 0 Å². The highest BCUT2D eigenvalue weighted by molar-refractivity contribution is 6.32. The van der Waals surface area contributed by atoms with Gasteiger partial charge in [-0.2, -0.15) is 0 Å². The minimum Gasteiger partial charge on any atom is -0.484 e. The maximum absolute atomic E-state index is 12.1. The molecule has 0 bridgehead atoms. The van der Waals surface area contributed by atoms with E-state index in [2.05, 4.69) is 19.2 Å². The predicted octanol–water partition coefficient (Wildman–Crippen LogP) is 5.10. The van der Waals surface area contributed by atoms with Crippen LogP contribution in [-0.2, 0) is 4.79 Å². The van der Waals surface area contributed by atoms with Crippen LogP contribution in [0.3, 0.4) is 0 Å². The Morgan fingerprint density at radius 2 is 1.78 bits per heavy atom. The Morgan fingerprint density at radius 1 is 1.17 bits per heavy atom. The number of carbonyl (C=O) groups is 1. The number of anilines is 1. The average Bonchev–Trinajstić information content (AvgIpc) is 2.50. The molecule has 0 radical (unpaired) electrons. The molecule has 0 spiro atoms. The molecule has 0 unspecified atom stereocenters. The van der Waals surface area contributed by atoms with Gasteiger partial charge in [0.25, 0.3) is 5.91 Å². The number of aryl methyl sites for hydroxylation is 2. The smallest absolute Gasteiger partial charge is 0.262 e. The van der Waals surface area contributed by atoms with E-state index < -0.39 is 0 Å². The summed E-state index contributed by atoms with van der Waals surface area (Å²) in [5.41, 5.74) is 3.82. The van der Waals surface area contributed by atoms with Crippen LogP contribution in [0.2, 0.25) is 5.02 Å². The molecule has 0 fully saturated rings. The van der Waals surface area contributed by atoms with Gasteiger partial charge in [-0.25, -0.2) is 0 Å². The summed E-state index contributed by atoms with van der Waals surface area (Å²) in [4.78, 5) is 12.1. The first-order valence-electron chi connectivity index (χ1n) is 7.66. The maximum atomic E-state index is 12.1. The quantitative estimate of drug-likeness (QED) is 0.828. The molecule has 3 nitrogen and oxygen atoms in total. The minimum atomic E-state index is -0.177. The van der Waals surface area contributed by atoms with Gasteiger partial charge in [0.2, 0.25) is 0 Å². The van der Waals surface area contributed by atoms with Crippen LogP contribution in [0.1, 0.15) is 36.5 Å². The molecule has 0 aliphatic heterocycles. The predicted molar refractivity (Wildman–Crippen MR) is 95.6 cm³/mol. The number of halogens is 1. The molecule has 0 atom stereocenters. The first-order chi connectivity index (χ1) is 10.9. The zero-order valence-corrected chi connectivity index (χ0v) is 14.7. The zero-order chi connectivity index (χ0) is 17.0. The highest BCUT2D eigenvalue weighted by atomic mass is 35.5. The summed E-state index contributed by atoms with van der Waals surface area (Å²) < 4.78 is 5.59. The summed E-state index contributed by atoms with van der Waals surface area (Å²) in [6.07, 6.45) is 0. The van der Waals surface area contributed by atoms with Crippen LogP contribution < -0.4 is 10.1 Å². The number of nitrogens with one attached hydrogen (secondary N) is 1. The van der Waals surface area contributed by atoms with Crippen LogP contribution in [0.4, 0.5) is 5.69 Å². The van der Waals surface area contributed by atoms with Gasteiger partial charge in [-0.05, 0) is 54.7 Å². The molecule has 0 saturated carbocycles. The Kier molecular flexibility index (Phi) is 5.67. The Bertz CT molecular complexity index is 687. The van der Waals surface area contributed by atoms with E-state index in [9.17, 15) is 4.79 Å². The maximum Gasteiger partial charge on any atom is 0.262 e. The van der Waals surface area contributed by atoms with Gasteiger partial charge in [0.05, 0.1) is 0 Å². The molecule has 23 heavy (non-hydrogen) atoms. The van der Waals surface area contributed by atoms with Gasteiger partial charge in [-0.15, -0.1) is 0 Å². The standard InChI is InChI=1S/C19H22ClNO2/c1-12(2)16-7-5-6-8-17(16)21-18(22)11-23-15-9-13(3)19(20)14(4)10-15/h5-10,12H,11H2,1-4H3,(H,21,22). The summed E-state index contributed by atoms with van der Waals surface area (Å²) in [5.74, 6) is 0.814. The first kappa shape index (κ1) is 17.4. The number of rotatable bonds is 5. The van der Waals surface area contributed by atoms with E-state index in [4.69, 9.17) is 16.3 Å². The molecule has 1 N–H and O–H groups in total. The van der Waals surface area contributed by atoms with Crippen molar-refractivity contribution in [2.45, 2.75) is 33.6 Å². The van der Waals surface area contributed by atoms with Crippen molar-refractivity contribution in [3.05, 3.63) is 58.1 Å². The van der Waals surface area contributed by atoms with Gasteiger partial charge in [0.15, 0.2) is 6.61 Å². The van der Waals surface area contributed by atoms with Crippen molar-refractivity contribution in [2.75, 3.05) is 11.9 Å². The van der Waals surface area contributed by atoms with E-state index in [1.165, 1.54) is 0 Å². The summed E-state index contributed by atoms with van der Waals surface area (Å²) in [6.45, 7) is 8.00. The third-order valence-corrected chi connectivity index (χ3v) is 4.23. The summed E-state index contributed by atoms with van der Waals surface area (Å²) in [6, 6.07) is 11.5. The number of ether oxygens (including phenoxy) is 1. The molecule has 2 rings (SSSR count). The zero-order valence-electron chi connectivity index (χ0n) is 13.9. The fourth-order valence-electron chi connectivity index (χ4n) is 2.44. The molecule has 1 amide bonds. The highest BCUT2D eigenvalue weighted by Crippen LogP contribution is 2.26. The van der Waals surface area contributed by atoms with Gasteiger partial charge < -0.3 is 10.1 Å². The number of para-hydroxylation sites is 1. The Balaban J connectivity index is 2.01. The molecule has 2 aromatic carbocycles. The lowest BCUT2D eigenvalue weighted by atomic mass is 10.0. The van der Waals surface area contributed by atoms with Gasteiger partial charge in [-0.1, -0.05) is 43.6 Å². The third kappa shape index (κ3) is 4.49. The molecule has 2 aromatic rings. The first-order valence-corrected chi connectivity index (χ1v) is 8.04. The van der Waals surface area contributed by atoms with Gasteiger partial charge in [0, 0.05) is 10.7 Å². The highest BCUT2D eigenvalue weighted by Gasteiger charge is 2.10. The van der Waals surface area contributed by atoms with Crippen molar-refractivity contribution in [1.29, 1.82) is 0 Å². The van der Waals surface area contributed by atoms with Crippen molar-refractivity contribution in [3.63, 3.8) is 0 Å². The molecule has 122 valence electrons. The van der Waals surface area contributed by atoms with E-state index in [-0.39, 0.29) is 12.5 Å². The topological polar surface area (TPSA) is 38.3 Å². The minimum absolute atomic E-state index is 0.0348. The fourth-order valence-corrected chi connectivity index (χ4v) is 2.55. The van der Waals surface area contributed by atoms with Crippen LogP contribution in [-0.4, -0.2) is 12.5 Å². The molecule has 0 aliphatic carbocycles. The van der Waals surface area contributed by atoms with Crippen LogP contribution in [0, 0.1) is 13.8 Å². The number of amides is 1. The lowest BCUT2D eigenvalue weighted by Crippen LogP contribution is -2.21. The van der Waals surface area contributed by atoms with Gasteiger partial charge >= 0.3 is 0 Å². The third-order valence-electron chi connectivity index (χ3n) is 3.64. The monoisotopic (exact) mass is 331 g/mol. The lowest BCUT2D eigenvalue weighted by molar-refractivity contribution is -0.118. The SMILES string of the molecule is Cc1cc(OCC(=O)Nc2ccccc2C(C)C)cc(C)c1Cl. The number of benzene rings is 2. The van der Waals surface area contributed by atoms with Crippen LogP contribution in [0.25, 0.3) is 0 Å². The second-order valence-electron chi connectivity index (χ2n) is 5.95. The summed E-state index contributed by atoms with van der Waals surface area (Å²) >= 11 is 6.13. The van der Waals surface area contributed by atoms with Crippen LogP contribution >= 0.6 is 11.6 Å². The largest absolute Gasteiger partial charge is 0.484 e. The van der Waals surface area contributed by atoms with E-state index in [0.29, 0.717) is 11.7 Å². The van der Waals surface area contributed by atoms with Crippen molar-refractivity contribution >= 4 is 23.2 Å². The van der Waals surface area contributed by atoms with Crippen molar-refractivity contribution in [2.24, 2.45) is 0 Å². The second kappa shape index (κ2) is 7.51. The molecule has 0 aromatic heterocycles. The average molecular weight is 332 g/mol. The number of hydrogen-bond acceptors (Lipinski definition) is 2. The van der Waals surface area contributed by atoms with Crippen molar-refractivity contribution < 1.29 is 9.53 Å². The van der Waals surface area contributed by atoms with Gasteiger partial charge in [-0.3, -0.25) is 4.79 Å². The fraction of sp³-hybridized carbons (Fsp3) is 0.316. The van der Waals surface area contributed by atoms with E-state index in [1.807, 2.05) is 50.2 Å². The second-order valence-corrected chi connectivity index (χ2v) is 6.33. The van der Waals surface area contributed by atoms with E-state index in [0.717, 1.165) is 27.4 Å². The summed E-state index contributed by atoms with van der Waals surface area (Å²) in [5, 5.41) is 3.64. The Labute approximate surface area is 142 Å². The normalized spacial score (nSPS) is 10.7.